The molecule has 0 saturated heterocycles. The Hall–Kier alpha value is -4.39. The molecule has 0 atom stereocenters. The van der Waals surface area contributed by atoms with Gasteiger partial charge in [0.05, 0.1) is 31.6 Å². The molecule has 1 amide bonds. The van der Waals surface area contributed by atoms with Gasteiger partial charge in [-0.15, -0.1) is 0 Å². The molecular formula is C28H27N3O4. The number of fused-ring (bicyclic) bond motifs is 1. The quantitative estimate of drug-likeness (QED) is 0.242. The fourth-order valence-corrected chi connectivity index (χ4v) is 4.27. The lowest BCUT2D eigenvalue weighted by Gasteiger charge is -2.15. The van der Waals surface area contributed by atoms with Crippen LogP contribution in [0.15, 0.2) is 65.8 Å². The van der Waals surface area contributed by atoms with Gasteiger partial charge in [0.1, 0.15) is 5.75 Å². The van der Waals surface area contributed by atoms with E-state index in [1.807, 2.05) is 69.3 Å². The Bertz CT molecular complexity index is 1470. The van der Waals surface area contributed by atoms with Crippen LogP contribution >= 0.6 is 0 Å². The van der Waals surface area contributed by atoms with Crippen LogP contribution in [0.3, 0.4) is 0 Å². The largest absolute Gasteiger partial charge is 0.496 e. The number of ether oxygens (including phenoxy) is 2. The monoisotopic (exact) mass is 469 g/mol. The maximum Gasteiger partial charge on any atom is 0.338 e. The van der Waals surface area contributed by atoms with E-state index in [1.165, 1.54) is 14.2 Å². The van der Waals surface area contributed by atoms with Crippen LogP contribution in [0.4, 0.5) is 0 Å². The number of methoxy groups -OCH3 is 2. The summed E-state index contributed by atoms with van der Waals surface area (Å²) < 4.78 is 12.4. The van der Waals surface area contributed by atoms with Gasteiger partial charge in [0, 0.05) is 22.6 Å². The maximum absolute atomic E-state index is 12.9. The molecule has 1 N–H and O–H groups in total. The first-order chi connectivity index (χ1) is 16.8. The molecule has 1 heterocycles. The number of amides is 1. The molecule has 0 aliphatic heterocycles. The molecule has 178 valence electrons. The number of esters is 1. The van der Waals surface area contributed by atoms with Gasteiger partial charge in [0.2, 0.25) is 0 Å². The van der Waals surface area contributed by atoms with Crippen LogP contribution < -0.4 is 10.2 Å². The van der Waals surface area contributed by atoms with E-state index in [9.17, 15) is 9.59 Å². The predicted octanol–water partition coefficient (Wildman–Crippen LogP) is 5.11. The second kappa shape index (κ2) is 9.85. The van der Waals surface area contributed by atoms with Gasteiger partial charge in [-0.25, -0.2) is 10.2 Å². The molecule has 0 aliphatic rings. The SMILES string of the molecule is COC(=O)c1cccc(-n2c(C)cc(C=NNC(=O)c3cc4ccccc4cc3OC)c2C)c1C. The second-order valence-corrected chi connectivity index (χ2v) is 8.20. The summed E-state index contributed by atoms with van der Waals surface area (Å²) in [5, 5.41) is 6.13. The van der Waals surface area contributed by atoms with Crippen LogP contribution in [0.5, 0.6) is 5.75 Å². The van der Waals surface area contributed by atoms with Gasteiger partial charge in [-0.3, -0.25) is 4.79 Å². The summed E-state index contributed by atoms with van der Waals surface area (Å²) in [5.74, 6) is -0.254. The van der Waals surface area contributed by atoms with Gasteiger partial charge >= 0.3 is 5.97 Å². The summed E-state index contributed by atoms with van der Waals surface area (Å²) in [6.07, 6.45) is 1.61. The number of aryl methyl sites for hydroxylation is 1. The van der Waals surface area contributed by atoms with Crippen LogP contribution in [0.1, 0.15) is 43.2 Å². The normalized spacial score (nSPS) is 11.1. The van der Waals surface area contributed by atoms with Gasteiger partial charge in [-0.2, -0.15) is 5.10 Å². The van der Waals surface area contributed by atoms with Crippen LogP contribution in [-0.4, -0.2) is 36.9 Å². The highest BCUT2D eigenvalue weighted by molar-refractivity contribution is 6.02. The van der Waals surface area contributed by atoms with Crippen molar-refractivity contribution in [2.45, 2.75) is 20.8 Å². The van der Waals surface area contributed by atoms with Crippen molar-refractivity contribution < 1.29 is 19.1 Å². The Kier molecular flexibility index (Phi) is 6.68. The van der Waals surface area contributed by atoms with E-state index in [0.717, 1.165) is 39.0 Å². The summed E-state index contributed by atoms with van der Waals surface area (Å²) in [7, 11) is 2.91. The van der Waals surface area contributed by atoms with Gasteiger partial charge < -0.3 is 14.0 Å². The van der Waals surface area contributed by atoms with Crippen molar-refractivity contribution in [2.24, 2.45) is 5.10 Å². The van der Waals surface area contributed by atoms with Crippen molar-refractivity contribution >= 4 is 28.9 Å². The van der Waals surface area contributed by atoms with Crippen molar-refractivity contribution in [2.75, 3.05) is 14.2 Å². The Morgan fingerprint density at radius 2 is 1.63 bits per heavy atom. The van der Waals surface area contributed by atoms with E-state index in [-0.39, 0.29) is 11.9 Å². The summed E-state index contributed by atoms with van der Waals surface area (Å²) >= 11 is 0. The first kappa shape index (κ1) is 23.8. The maximum atomic E-state index is 12.9. The molecule has 7 nitrogen and oxygen atoms in total. The number of hydrazone groups is 1. The molecule has 0 aliphatic carbocycles. The third kappa shape index (κ3) is 4.53. The summed E-state index contributed by atoms with van der Waals surface area (Å²) in [6.45, 7) is 5.84. The fourth-order valence-electron chi connectivity index (χ4n) is 4.27. The number of benzene rings is 3. The Labute approximate surface area is 204 Å². The van der Waals surface area contributed by atoms with Crippen molar-refractivity contribution in [3.63, 3.8) is 0 Å². The number of hydrogen-bond donors (Lipinski definition) is 1. The van der Waals surface area contributed by atoms with Crippen LogP contribution in [-0.2, 0) is 4.74 Å². The number of carbonyl (C=O) groups is 2. The average molecular weight is 470 g/mol. The fraction of sp³-hybridized carbons (Fsp3) is 0.179. The molecule has 0 spiro atoms. The third-order valence-corrected chi connectivity index (χ3v) is 6.10. The van der Waals surface area contributed by atoms with E-state index >= 15 is 0 Å². The predicted molar refractivity (Wildman–Crippen MR) is 137 cm³/mol. The number of rotatable bonds is 6. The molecule has 35 heavy (non-hydrogen) atoms. The zero-order valence-electron chi connectivity index (χ0n) is 20.4. The molecular weight excluding hydrogens is 442 g/mol. The molecule has 0 saturated carbocycles. The first-order valence-corrected chi connectivity index (χ1v) is 11.1. The van der Waals surface area contributed by atoms with Gasteiger partial charge in [-0.1, -0.05) is 30.3 Å². The van der Waals surface area contributed by atoms with Crippen LogP contribution in [0.2, 0.25) is 0 Å². The molecule has 0 unspecified atom stereocenters. The molecule has 3 aromatic carbocycles. The number of hydrogen-bond acceptors (Lipinski definition) is 5. The summed E-state index contributed by atoms with van der Waals surface area (Å²) in [4.78, 5) is 25.0. The molecule has 0 bridgehead atoms. The first-order valence-electron chi connectivity index (χ1n) is 11.1. The Morgan fingerprint density at radius 1 is 0.914 bits per heavy atom. The van der Waals surface area contributed by atoms with Gasteiger partial charge in [0.15, 0.2) is 0 Å². The molecule has 7 heteroatoms. The van der Waals surface area contributed by atoms with E-state index in [0.29, 0.717) is 16.9 Å². The zero-order valence-corrected chi connectivity index (χ0v) is 20.4. The summed E-state index contributed by atoms with van der Waals surface area (Å²) in [5.41, 5.74) is 7.97. The number of nitrogens with zero attached hydrogens (tertiary/aromatic N) is 2. The van der Waals surface area contributed by atoms with E-state index in [2.05, 4.69) is 15.1 Å². The standard InChI is InChI=1S/C28H27N3O4/c1-17-13-22(19(3)31(17)25-12-8-11-23(18(25)2)28(33)35-5)16-29-30-27(32)24-14-20-9-6-7-10-21(20)15-26(24)34-4/h6-16H,1-5H3,(H,30,32). The van der Waals surface area contributed by atoms with E-state index in [1.54, 1.807) is 18.3 Å². The number of carbonyl (C=O) groups excluding carboxylic acids is 2. The topological polar surface area (TPSA) is 81.9 Å². The second-order valence-electron chi connectivity index (χ2n) is 8.20. The number of aromatic nitrogens is 1. The smallest absolute Gasteiger partial charge is 0.338 e. The Morgan fingerprint density at radius 3 is 2.31 bits per heavy atom. The minimum absolute atomic E-state index is 0.362. The van der Waals surface area contributed by atoms with E-state index in [4.69, 9.17) is 9.47 Å². The van der Waals surface area contributed by atoms with Gasteiger partial charge in [0.25, 0.3) is 5.91 Å². The lowest BCUT2D eigenvalue weighted by Crippen LogP contribution is -2.18. The molecule has 4 aromatic rings. The lowest BCUT2D eigenvalue weighted by molar-refractivity contribution is 0.0599. The lowest BCUT2D eigenvalue weighted by atomic mass is 10.1. The molecule has 0 radical (unpaired) electrons. The van der Waals surface area contributed by atoms with Crippen LogP contribution in [0.25, 0.3) is 16.5 Å². The minimum atomic E-state index is -0.375. The van der Waals surface area contributed by atoms with Crippen molar-refractivity contribution in [3.8, 4) is 11.4 Å². The van der Waals surface area contributed by atoms with Crippen molar-refractivity contribution in [1.82, 2.24) is 9.99 Å². The third-order valence-electron chi connectivity index (χ3n) is 6.10. The van der Waals surface area contributed by atoms with Crippen molar-refractivity contribution in [1.29, 1.82) is 0 Å². The summed E-state index contributed by atoms with van der Waals surface area (Å²) in [6, 6.07) is 18.9. The molecule has 4 rings (SSSR count). The highest BCUT2D eigenvalue weighted by Crippen LogP contribution is 2.27. The minimum Gasteiger partial charge on any atom is -0.496 e. The van der Waals surface area contributed by atoms with Crippen molar-refractivity contribution in [3.05, 3.63) is 94.3 Å². The Balaban J connectivity index is 1.60. The van der Waals surface area contributed by atoms with Gasteiger partial charge in [-0.05, 0) is 67.4 Å². The number of nitrogens with one attached hydrogen (secondary N) is 1. The molecule has 1 aromatic heterocycles. The highest BCUT2D eigenvalue weighted by Gasteiger charge is 2.17. The van der Waals surface area contributed by atoms with Crippen LogP contribution in [0, 0.1) is 20.8 Å². The molecule has 0 fully saturated rings. The zero-order chi connectivity index (χ0) is 25.1. The average Bonchev–Trinajstić information content (AvgIpc) is 3.15. The van der Waals surface area contributed by atoms with E-state index < -0.39 is 0 Å². The highest BCUT2D eigenvalue weighted by atomic mass is 16.5.